The maximum atomic E-state index is 12.3. The third-order valence-electron chi connectivity index (χ3n) is 3.52. The fourth-order valence-corrected chi connectivity index (χ4v) is 2.41. The summed E-state index contributed by atoms with van der Waals surface area (Å²) in [6, 6.07) is 18.4. The minimum atomic E-state index is -0.635. The minimum absolute atomic E-state index is 0.138. The zero-order valence-electron chi connectivity index (χ0n) is 12.8. The Morgan fingerprint density at radius 3 is 2.05 bits per heavy atom. The minimum Gasteiger partial charge on any atom is -0.357 e. The molecule has 0 aliphatic heterocycles. The van der Waals surface area contributed by atoms with Gasteiger partial charge in [-0.2, -0.15) is 0 Å². The summed E-state index contributed by atoms with van der Waals surface area (Å²) < 4.78 is 0. The first-order valence-corrected chi connectivity index (χ1v) is 7.21. The van der Waals surface area contributed by atoms with Crippen molar-refractivity contribution in [2.24, 2.45) is 0 Å². The normalized spacial score (nSPS) is 11.5. The highest BCUT2D eigenvalue weighted by atomic mass is 16.2. The SMILES string of the molecule is CNC(=O)[C@@H](c1ccccc1)N(Cc1ccccc1)C(C)=O. The molecule has 22 heavy (non-hydrogen) atoms. The number of nitrogens with one attached hydrogen (secondary N) is 1. The van der Waals surface area contributed by atoms with E-state index in [1.165, 1.54) is 6.92 Å². The van der Waals surface area contributed by atoms with Gasteiger partial charge in [0.1, 0.15) is 6.04 Å². The average molecular weight is 296 g/mol. The van der Waals surface area contributed by atoms with E-state index in [9.17, 15) is 9.59 Å². The molecule has 0 aliphatic rings. The Labute approximate surface area is 130 Å². The third kappa shape index (κ3) is 3.73. The van der Waals surface area contributed by atoms with Crippen LogP contribution in [0, 0.1) is 0 Å². The summed E-state index contributed by atoms with van der Waals surface area (Å²) in [7, 11) is 1.58. The number of rotatable bonds is 5. The molecular weight excluding hydrogens is 276 g/mol. The zero-order chi connectivity index (χ0) is 15.9. The Morgan fingerprint density at radius 1 is 1.00 bits per heavy atom. The van der Waals surface area contributed by atoms with Gasteiger partial charge in [-0.15, -0.1) is 0 Å². The monoisotopic (exact) mass is 296 g/mol. The van der Waals surface area contributed by atoms with E-state index in [-0.39, 0.29) is 11.8 Å². The Hall–Kier alpha value is -2.62. The van der Waals surface area contributed by atoms with Crippen LogP contribution in [0.1, 0.15) is 24.1 Å². The molecule has 0 radical (unpaired) electrons. The first-order chi connectivity index (χ1) is 10.6. The van der Waals surface area contributed by atoms with Gasteiger partial charge in [0.25, 0.3) is 0 Å². The van der Waals surface area contributed by atoms with Gasteiger partial charge in [0, 0.05) is 20.5 Å². The van der Waals surface area contributed by atoms with Gasteiger partial charge >= 0.3 is 0 Å². The van der Waals surface area contributed by atoms with Crippen LogP contribution in [0.3, 0.4) is 0 Å². The Bertz CT molecular complexity index is 626. The predicted octanol–water partition coefficient (Wildman–Crippen LogP) is 2.52. The number of carbonyl (C=O) groups is 2. The lowest BCUT2D eigenvalue weighted by Crippen LogP contribution is -2.41. The topological polar surface area (TPSA) is 49.4 Å². The van der Waals surface area contributed by atoms with E-state index in [0.717, 1.165) is 11.1 Å². The number of carbonyl (C=O) groups excluding carboxylic acids is 2. The molecule has 4 nitrogen and oxygen atoms in total. The van der Waals surface area contributed by atoms with E-state index < -0.39 is 6.04 Å². The van der Waals surface area contributed by atoms with E-state index in [2.05, 4.69) is 5.32 Å². The van der Waals surface area contributed by atoms with Crippen LogP contribution >= 0.6 is 0 Å². The van der Waals surface area contributed by atoms with Crippen LogP contribution in [0.15, 0.2) is 60.7 Å². The van der Waals surface area contributed by atoms with Gasteiger partial charge in [0.15, 0.2) is 0 Å². The number of likely N-dealkylation sites (N-methyl/N-ethyl adjacent to an activating group) is 1. The van der Waals surface area contributed by atoms with Crippen molar-refractivity contribution in [1.29, 1.82) is 0 Å². The summed E-state index contributed by atoms with van der Waals surface area (Å²) in [5.74, 6) is -0.335. The summed E-state index contributed by atoms with van der Waals surface area (Å²) >= 11 is 0. The molecule has 0 spiro atoms. The van der Waals surface area contributed by atoms with Gasteiger partial charge in [-0.25, -0.2) is 0 Å². The van der Waals surface area contributed by atoms with Crippen LogP contribution < -0.4 is 5.32 Å². The smallest absolute Gasteiger partial charge is 0.247 e. The van der Waals surface area contributed by atoms with Gasteiger partial charge in [-0.05, 0) is 11.1 Å². The molecule has 0 unspecified atom stereocenters. The molecule has 1 atom stereocenters. The summed E-state index contributed by atoms with van der Waals surface area (Å²) in [6.07, 6.45) is 0. The van der Waals surface area contributed by atoms with Crippen LogP contribution in [-0.2, 0) is 16.1 Å². The van der Waals surface area contributed by atoms with E-state index in [0.29, 0.717) is 6.54 Å². The number of amides is 2. The largest absolute Gasteiger partial charge is 0.357 e. The highest BCUT2D eigenvalue weighted by Crippen LogP contribution is 2.23. The van der Waals surface area contributed by atoms with Crippen molar-refractivity contribution in [1.82, 2.24) is 10.2 Å². The van der Waals surface area contributed by atoms with Crippen molar-refractivity contribution >= 4 is 11.8 Å². The molecule has 4 heteroatoms. The maximum Gasteiger partial charge on any atom is 0.247 e. The molecule has 0 saturated carbocycles. The number of benzene rings is 2. The second kappa shape index (κ2) is 7.41. The van der Waals surface area contributed by atoms with Crippen LogP contribution in [-0.4, -0.2) is 23.8 Å². The molecule has 2 rings (SSSR count). The Kier molecular flexibility index (Phi) is 5.31. The van der Waals surface area contributed by atoms with Crippen molar-refractivity contribution in [2.75, 3.05) is 7.05 Å². The fourth-order valence-electron chi connectivity index (χ4n) is 2.41. The first kappa shape index (κ1) is 15.8. The van der Waals surface area contributed by atoms with Crippen LogP contribution in [0.4, 0.5) is 0 Å². The number of nitrogens with zero attached hydrogens (tertiary/aromatic N) is 1. The van der Waals surface area contributed by atoms with Crippen LogP contribution in [0.25, 0.3) is 0 Å². The molecule has 1 N–H and O–H groups in total. The van der Waals surface area contributed by atoms with Gasteiger partial charge < -0.3 is 10.2 Å². The second-order valence-corrected chi connectivity index (χ2v) is 5.06. The van der Waals surface area contributed by atoms with Crippen molar-refractivity contribution in [2.45, 2.75) is 19.5 Å². The summed E-state index contributed by atoms with van der Waals surface area (Å²) in [6.45, 7) is 1.88. The van der Waals surface area contributed by atoms with Crippen LogP contribution in [0.2, 0.25) is 0 Å². The molecule has 0 heterocycles. The molecule has 114 valence electrons. The average Bonchev–Trinajstić information content (AvgIpc) is 2.55. The summed E-state index contributed by atoms with van der Waals surface area (Å²) in [5, 5.41) is 2.65. The molecule has 0 fully saturated rings. The lowest BCUT2D eigenvalue weighted by molar-refractivity contribution is -0.139. The van der Waals surface area contributed by atoms with Gasteiger partial charge in [0.2, 0.25) is 11.8 Å². The van der Waals surface area contributed by atoms with Crippen molar-refractivity contribution in [3.05, 3.63) is 71.8 Å². The van der Waals surface area contributed by atoms with Gasteiger partial charge in [0.05, 0.1) is 0 Å². The van der Waals surface area contributed by atoms with Crippen molar-refractivity contribution in [3.63, 3.8) is 0 Å². The Morgan fingerprint density at radius 2 is 1.55 bits per heavy atom. The Balaban J connectivity index is 2.37. The van der Waals surface area contributed by atoms with E-state index in [1.54, 1.807) is 11.9 Å². The molecule has 2 aromatic rings. The van der Waals surface area contributed by atoms with E-state index in [1.807, 2.05) is 60.7 Å². The molecular formula is C18H20N2O2. The lowest BCUT2D eigenvalue weighted by atomic mass is 10.0. The van der Waals surface area contributed by atoms with Crippen LogP contribution in [0.5, 0.6) is 0 Å². The first-order valence-electron chi connectivity index (χ1n) is 7.21. The lowest BCUT2D eigenvalue weighted by Gasteiger charge is -2.30. The van der Waals surface area contributed by atoms with E-state index >= 15 is 0 Å². The van der Waals surface area contributed by atoms with E-state index in [4.69, 9.17) is 0 Å². The van der Waals surface area contributed by atoms with Gasteiger partial charge in [-0.1, -0.05) is 60.7 Å². The van der Waals surface area contributed by atoms with Gasteiger partial charge in [-0.3, -0.25) is 9.59 Å². The molecule has 2 aromatic carbocycles. The predicted molar refractivity (Wildman–Crippen MR) is 85.9 cm³/mol. The summed E-state index contributed by atoms with van der Waals surface area (Å²) in [4.78, 5) is 26.1. The highest BCUT2D eigenvalue weighted by molar-refractivity contribution is 5.87. The molecule has 0 bridgehead atoms. The third-order valence-corrected chi connectivity index (χ3v) is 3.52. The highest BCUT2D eigenvalue weighted by Gasteiger charge is 2.28. The fraction of sp³-hybridized carbons (Fsp3) is 0.222. The van der Waals surface area contributed by atoms with Crippen molar-refractivity contribution < 1.29 is 9.59 Å². The maximum absolute atomic E-state index is 12.3. The molecule has 0 saturated heterocycles. The molecule has 0 aromatic heterocycles. The zero-order valence-corrected chi connectivity index (χ0v) is 12.8. The quantitative estimate of drug-likeness (QED) is 0.921. The standard InChI is InChI=1S/C18H20N2O2/c1-14(21)20(13-15-9-5-3-6-10-15)17(18(22)19-2)16-11-7-4-8-12-16/h3-12,17H,13H2,1-2H3,(H,19,22)/t17-/m1/s1. The summed E-state index contributed by atoms with van der Waals surface area (Å²) in [5.41, 5.74) is 1.79. The molecule has 2 amide bonds. The van der Waals surface area contributed by atoms with Crippen molar-refractivity contribution in [3.8, 4) is 0 Å². The number of hydrogen-bond donors (Lipinski definition) is 1. The number of hydrogen-bond acceptors (Lipinski definition) is 2. The molecule has 0 aliphatic carbocycles. The second-order valence-electron chi connectivity index (χ2n) is 5.06.